The normalized spacial score (nSPS) is 14.7. The first-order valence-corrected chi connectivity index (χ1v) is 7.69. The molecule has 128 valence electrons. The molecular weight excluding hydrogens is 345 g/mol. The molecule has 9 heteroatoms. The summed E-state index contributed by atoms with van der Waals surface area (Å²) in [6.45, 7) is 0.627. The van der Waals surface area contributed by atoms with Gasteiger partial charge in [-0.2, -0.15) is 23.0 Å². The molecule has 3 rings (SSSR count). The number of rotatable bonds is 1. The summed E-state index contributed by atoms with van der Waals surface area (Å²) in [5, 5.41) is 7.31. The van der Waals surface area contributed by atoms with Gasteiger partial charge in [0.1, 0.15) is 5.82 Å². The van der Waals surface area contributed by atoms with Gasteiger partial charge in [-0.15, -0.1) is 0 Å². The molecule has 0 bridgehead atoms. The molecule has 0 atom stereocenters. The molecule has 1 aromatic heterocycles. The fraction of sp³-hybridized carbons (Fsp3) is 0.333. The molecule has 1 aliphatic heterocycles. The first-order valence-electron chi connectivity index (χ1n) is 7.31. The van der Waals surface area contributed by atoms with E-state index in [1.54, 1.807) is 0 Å². The van der Waals surface area contributed by atoms with Gasteiger partial charge < -0.3 is 11.1 Å². The van der Waals surface area contributed by atoms with Crippen LogP contribution in [0.1, 0.15) is 24.0 Å². The number of hydrogen-bond donors (Lipinski definition) is 2. The van der Waals surface area contributed by atoms with Gasteiger partial charge in [-0.1, -0.05) is 11.6 Å². The average Bonchev–Trinajstić information content (AvgIpc) is 2.69. The minimum absolute atomic E-state index is 0.129. The molecule has 0 aliphatic carbocycles. The third-order valence-electron chi connectivity index (χ3n) is 3.89. The second-order valence-corrected chi connectivity index (χ2v) is 5.91. The highest BCUT2D eigenvalue weighted by molar-refractivity contribution is 6.33. The molecule has 5 nitrogen and oxygen atoms in total. The van der Waals surface area contributed by atoms with E-state index in [0.29, 0.717) is 24.3 Å². The van der Waals surface area contributed by atoms with E-state index < -0.39 is 17.8 Å². The SMILES string of the molecule is NC(=O)n1nc(-c2cc(C(F)(F)F)ccc2Cl)c2c1NCCCC2. The van der Waals surface area contributed by atoms with Gasteiger partial charge in [0.25, 0.3) is 0 Å². The number of nitrogens with two attached hydrogens (primary N) is 1. The monoisotopic (exact) mass is 358 g/mol. The van der Waals surface area contributed by atoms with Crippen molar-refractivity contribution in [2.75, 3.05) is 11.9 Å². The second kappa shape index (κ2) is 6.01. The van der Waals surface area contributed by atoms with E-state index in [0.717, 1.165) is 29.7 Å². The van der Waals surface area contributed by atoms with Crippen LogP contribution in [0.4, 0.5) is 23.8 Å². The zero-order valence-corrected chi connectivity index (χ0v) is 13.2. The zero-order valence-electron chi connectivity index (χ0n) is 12.5. The van der Waals surface area contributed by atoms with Crippen molar-refractivity contribution in [3.63, 3.8) is 0 Å². The van der Waals surface area contributed by atoms with Crippen molar-refractivity contribution in [1.29, 1.82) is 0 Å². The predicted molar refractivity (Wildman–Crippen MR) is 84.1 cm³/mol. The molecule has 2 aromatic rings. The quantitative estimate of drug-likeness (QED) is 0.812. The Balaban J connectivity index is 2.21. The summed E-state index contributed by atoms with van der Waals surface area (Å²) in [6.07, 6.45) is -2.25. The van der Waals surface area contributed by atoms with Crippen LogP contribution in [0.2, 0.25) is 5.02 Å². The van der Waals surface area contributed by atoms with Crippen LogP contribution in [0.5, 0.6) is 0 Å². The number of nitrogens with one attached hydrogen (secondary N) is 1. The van der Waals surface area contributed by atoms with Crippen molar-refractivity contribution in [2.24, 2.45) is 5.73 Å². The van der Waals surface area contributed by atoms with Gasteiger partial charge in [0, 0.05) is 17.7 Å². The van der Waals surface area contributed by atoms with E-state index >= 15 is 0 Å². The number of primary amides is 1. The Labute approximate surface area is 140 Å². The van der Waals surface area contributed by atoms with Crippen LogP contribution in [0, 0.1) is 0 Å². The molecule has 0 saturated heterocycles. The summed E-state index contributed by atoms with van der Waals surface area (Å²) in [7, 11) is 0. The predicted octanol–water partition coefficient (Wildman–Crippen LogP) is 3.90. The maximum Gasteiger partial charge on any atom is 0.416 e. The first kappa shape index (κ1) is 16.6. The Kier molecular flexibility index (Phi) is 4.16. The maximum atomic E-state index is 13.0. The molecule has 0 fully saturated rings. The van der Waals surface area contributed by atoms with Crippen LogP contribution in [-0.4, -0.2) is 22.4 Å². The van der Waals surface area contributed by atoms with Gasteiger partial charge in [0.2, 0.25) is 0 Å². The summed E-state index contributed by atoms with van der Waals surface area (Å²) in [4.78, 5) is 11.6. The third kappa shape index (κ3) is 2.93. The summed E-state index contributed by atoms with van der Waals surface area (Å²) < 4.78 is 40.0. The fourth-order valence-corrected chi connectivity index (χ4v) is 2.97. The van der Waals surface area contributed by atoms with Crippen LogP contribution in [0.3, 0.4) is 0 Å². The van der Waals surface area contributed by atoms with E-state index in [-0.39, 0.29) is 16.3 Å². The number of carbonyl (C=O) groups is 1. The maximum absolute atomic E-state index is 13.0. The van der Waals surface area contributed by atoms with Gasteiger partial charge in [-0.25, -0.2) is 4.79 Å². The summed E-state index contributed by atoms with van der Waals surface area (Å²) in [5.74, 6) is 0.420. The van der Waals surface area contributed by atoms with Gasteiger partial charge >= 0.3 is 12.2 Å². The molecule has 3 N–H and O–H groups in total. The van der Waals surface area contributed by atoms with Gasteiger partial charge in [0.05, 0.1) is 16.3 Å². The standard InChI is InChI=1S/C15H14ClF3N4O/c16-11-5-4-8(15(17,18)19)7-10(11)12-9-3-1-2-6-21-13(9)23(22-12)14(20)24/h4-5,7,21H,1-3,6H2,(H2,20,24). The highest BCUT2D eigenvalue weighted by Gasteiger charge is 2.32. The number of amides is 1. The number of aromatic nitrogens is 2. The van der Waals surface area contributed by atoms with E-state index in [4.69, 9.17) is 17.3 Å². The van der Waals surface area contributed by atoms with E-state index in [1.807, 2.05) is 0 Å². The number of carbonyl (C=O) groups excluding carboxylic acids is 1. The fourth-order valence-electron chi connectivity index (χ4n) is 2.76. The molecule has 0 saturated carbocycles. The third-order valence-corrected chi connectivity index (χ3v) is 4.22. The Morgan fingerprint density at radius 1 is 1.33 bits per heavy atom. The molecule has 0 unspecified atom stereocenters. The second-order valence-electron chi connectivity index (χ2n) is 5.50. The Bertz CT molecular complexity index is 801. The van der Waals surface area contributed by atoms with Crippen molar-refractivity contribution >= 4 is 23.4 Å². The van der Waals surface area contributed by atoms with Crippen molar-refractivity contribution in [3.05, 3.63) is 34.3 Å². The van der Waals surface area contributed by atoms with Crippen LogP contribution in [0.25, 0.3) is 11.3 Å². The van der Waals surface area contributed by atoms with Crippen molar-refractivity contribution in [3.8, 4) is 11.3 Å². The van der Waals surface area contributed by atoms with Crippen molar-refractivity contribution < 1.29 is 18.0 Å². The molecule has 1 aromatic carbocycles. The molecule has 2 heterocycles. The van der Waals surface area contributed by atoms with Crippen molar-refractivity contribution in [2.45, 2.75) is 25.4 Å². The lowest BCUT2D eigenvalue weighted by Crippen LogP contribution is -2.23. The van der Waals surface area contributed by atoms with Crippen LogP contribution < -0.4 is 11.1 Å². The van der Waals surface area contributed by atoms with E-state index in [9.17, 15) is 18.0 Å². The number of alkyl halides is 3. The summed E-state index contributed by atoms with van der Waals surface area (Å²) in [5.41, 5.74) is 5.52. The lowest BCUT2D eigenvalue weighted by atomic mass is 10.0. The van der Waals surface area contributed by atoms with Crippen LogP contribution >= 0.6 is 11.6 Å². The molecule has 0 radical (unpaired) electrons. The number of nitrogens with zero attached hydrogens (tertiary/aromatic N) is 2. The lowest BCUT2D eigenvalue weighted by molar-refractivity contribution is -0.137. The average molecular weight is 359 g/mol. The Hall–Kier alpha value is -2.22. The van der Waals surface area contributed by atoms with Crippen LogP contribution in [0.15, 0.2) is 18.2 Å². The highest BCUT2D eigenvalue weighted by Crippen LogP contribution is 2.39. The van der Waals surface area contributed by atoms with Gasteiger partial charge in [-0.3, -0.25) is 0 Å². The molecule has 1 aliphatic rings. The Morgan fingerprint density at radius 3 is 2.75 bits per heavy atom. The number of anilines is 1. The number of halogens is 4. The molecular formula is C15H14ClF3N4O. The number of benzene rings is 1. The topological polar surface area (TPSA) is 72.9 Å². The van der Waals surface area contributed by atoms with E-state index in [2.05, 4.69) is 10.4 Å². The minimum atomic E-state index is -4.50. The molecule has 1 amide bonds. The van der Waals surface area contributed by atoms with Gasteiger partial charge in [-0.05, 0) is 37.5 Å². The lowest BCUT2D eigenvalue weighted by Gasteiger charge is -2.10. The van der Waals surface area contributed by atoms with E-state index in [1.165, 1.54) is 6.07 Å². The first-order chi connectivity index (χ1) is 11.3. The molecule has 24 heavy (non-hydrogen) atoms. The smallest absolute Gasteiger partial charge is 0.370 e. The highest BCUT2D eigenvalue weighted by atomic mass is 35.5. The Morgan fingerprint density at radius 2 is 2.08 bits per heavy atom. The summed E-state index contributed by atoms with van der Waals surface area (Å²) >= 11 is 6.10. The number of hydrogen-bond acceptors (Lipinski definition) is 3. The van der Waals surface area contributed by atoms with Crippen molar-refractivity contribution in [1.82, 2.24) is 9.78 Å². The molecule has 0 spiro atoms. The largest absolute Gasteiger partial charge is 0.416 e. The minimum Gasteiger partial charge on any atom is -0.370 e. The summed E-state index contributed by atoms with van der Waals surface area (Å²) in [6, 6.07) is 2.23. The van der Waals surface area contributed by atoms with Crippen LogP contribution in [-0.2, 0) is 12.6 Å². The zero-order chi connectivity index (χ0) is 17.5. The van der Waals surface area contributed by atoms with Gasteiger partial charge in [0.15, 0.2) is 0 Å². The number of fused-ring (bicyclic) bond motifs is 1.